The molecule has 2 aromatic carbocycles. The zero-order valence-electron chi connectivity index (χ0n) is 12.4. The minimum absolute atomic E-state index is 0.00925. The van der Waals surface area contributed by atoms with E-state index in [1.165, 1.54) is 24.3 Å². The number of nitro benzene ring substituents is 2. The van der Waals surface area contributed by atoms with E-state index >= 15 is 0 Å². The molecule has 0 unspecified atom stereocenters. The number of nitro groups is 2. The van der Waals surface area contributed by atoms with Gasteiger partial charge in [-0.05, 0) is 24.3 Å². The molecule has 11 heteroatoms. The summed E-state index contributed by atoms with van der Waals surface area (Å²) >= 11 is 0. The lowest BCUT2D eigenvalue weighted by Crippen LogP contribution is -2.26. The number of carbonyl (C=O) groups is 2. The van der Waals surface area contributed by atoms with Gasteiger partial charge in [0, 0.05) is 24.3 Å². The van der Waals surface area contributed by atoms with Gasteiger partial charge in [-0.25, -0.2) is 0 Å². The van der Waals surface area contributed by atoms with E-state index in [2.05, 4.69) is 0 Å². The number of ether oxygens (including phenoxy) is 2. The van der Waals surface area contributed by atoms with Crippen LogP contribution in [0.3, 0.4) is 0 Å². The maximum Gasteiger partial charge on any atom is 0.406 e. The predicted molar refractivity (Wildman–Crippen MR) is 84.0 cm³/mol. The number of non-ortho nitro benzene ring substituents is 2. The van der Waals surface area contributed by atoms with E-state index in [1.807, 2.05) is 0 Å². The first-order valence-electron chi connectivity index (χ1n) is 6.62. The van der Waals surface area contributed by atoms with E-state index in [0.29, 0.717) is 7.28 Å². The highest BCUT2D eigenvalue weighted by Gasteiger charge is 2.18. The van der Waals surface area contributed by atoms with E-state index < -0.39 is 21.6 Å². The fourth-order valence-electron chi connectivity index (χ4n) is 1.66. The third-order valence-corrected chi connectivity index (χ3v) is 2.77. The molecular weight excluding hydrogens is 335 g/mol. The summed E-state index contributed by atoms with van der Waals surface area (Å²) in [6, 6.07) is 9.35. The average Bonchev–Trinajstić information content (AvgIpc) is 2.55. The van der Waals surface area contributed by atoms with Gasteiger partial charge in [0.2, 0.25) is 0 Å². The quantitative estimate of drug-likeness (QED) is 0.443. The molecule has 0 saturated heterocycles. The van der Waals surface area contributed by atoms with Crippen molar-refractivity contribution < 1.29 is 28.9 Å². The minimum atomic E-state index is -1.04. The monoisotopic (exact) mass is 343 g/mol. The first-order chi connectivity index (χ1) is 11.8. The van der Waals surface area contributed by atoms with Crippen LogP contribution in [0.2, 0.25) is 0 Å². The molecule has 0 saturated carbocycles. The van der Waals surface area contributed by atoms with Crippen LogP contribution in [-0.2, 0) is 0 Å². The van der Waals surface area contributed by atoms with Gasteiger partial charge in [0.15, 0.2) is 0 Å². The molecule has 125 valence electrons. The molecule has 0 fully saturated rings. The zero-order chi connectivity index (χ0) is 18.4. The van der Waals surface area contributed by atoms with Crippen LogP contribution in [0, 0.1) is 20.2 Å². The van der Waals surface area contributed by atoms with Crippen molar-refractivity contribution in [1.29, 1.82) is 0 Å². The lowest BCUT2D eigenvalue weighted by Gasteiger charge is -2.04. The maximum absolute atomic E-state index is 11.6. The van der Waals surface area contributed by atoms with Crippen molar-refractivity contribution in [3.05, 3.63) is 68.8 Å². The van der Waals surface area contributed by atoms with E-state index in [-0.39, 0.29) is 22.9 Å². The fraction of sp³-hybridized carbons (Fsp3) is 0. The SMILES string of the molecule is O=C([B]C(=O)Oc1ccc([N+](=O)[O-])cc1)Oc1ccc([N+](=O)[O-])cc1. The summed E-state index contributed by atoms with van der Waals surface area (Å²) in [5.41, 5.74) is -0.359. The summed E-state index contributed by atoms with van der Waals surface area (Å²) in [5.74, 6) is -2.06. The largest absolute Gasteiger partial charge is 0.434 e. The standard InChI is InChI=1S/C14H8BN2O8/c18-13(24-11-5-1-9(2-6-11)16(20)21)15-14(19)25-12-7-3-10(4-8-12)17(22)23/h1-8H. The Balaban J connectivity index is 1.88. The van der Waals surface area contributed by atoms with E-state index in [1.54, 1.807) is 0 Å². The fourth-order valence-corrected chi connectivity index (χ4v) is 1.66. The normalized spacial score (nSPS) is 9.76. The Morgan fingerprint density at radius 1 is 0.720 bits per heavy atom. The first kappa shape index (κ1) is 17.6. The van der Waals surface area contributed by atoms with Gasteiger partial charge in [0.1, 0.15) is 11.5 Å². The van der Waals surface area contributed by atoms with Crippen molar-refractivity contribution >= 4 is 30.4 Å². The number of benzene rings is 2. The summed E-state index contributed by atoms with van der Waals surface area (Å²) in [5, 5.41) is 21.0. The van der Waals surface area contributed by atoms with E-state index in [0.717, 1.165) is 24.3 Å². The van der Waals surface area contributed by atoms with Crippen molar-refractivity contribution in [1.82, 2.24) is 0 Å². The number of rotatable bonds is 6. The number of hydrogen-bond acceptors (Lipinski definition) is 8. The van der Waals surface area contributed by atoms with E-state index in [9.17, 15) is 29.8 Å². The van der Waals surface area contributed by atoms with Crippen molar-refractivity contribution in [2.75, 3.05) is 0 Å². The Hall–Kier alpha value is -3.76. The molecule has 0 aliphatic heterocycles. The topological polar surface area (TPSA) is 139 Å². The third kappa shape index (κ3) is 5.13. The molecular formula is C14H8BN2O8. The highest BCUT2D eigenvalue weighted by molar-refractivity contribution is 6.95. The number of hydrogen-bond donors (Lipinski definition) is 0. The zero-order valence-corrected chi connectivity index (χ0v) is 12.4. The van der Waals surface area contributed by atoms with Gasteiger partial charge in [-0.2, -0.15) is 0 Å². The van der Waals surface area contributed by atoms with Gasteiger partial charge in [0.05, 0.1) is 9.85 Å². The smallest absolute Gasteiger partial charge is 0.406 e. The second-order valence-corrected chi connectivity index (χ2v) is 4.49. The molecule has 2 aromatic rings. The van der Waals surface area contributed by atoms with Gasteiger partial charge in [-0.3, -0.25) is 29.8 Å². The molecule has 0 aromatic heterocycles. The van der Waals surface area contributed by atoms with Crippen LogP contribution in [-0.4, -0.2) is 28.9 Å². The molecule has 0 amide bonds. The van der Waals surface area contributed by atoms with Crippen LogP contribution >= 0.6 is 0 Å². The van der Waals surface area contributed by atoms with Crippen LogP contribution in [0.15, 0.2) is 48.5 Å². The molecule has 0 N–H and O–H groups in total. The molecule has 0 bridgehead atoms. The Morgan fingerprint density at radius 3 is 1.32 bits per heavy atom. The Morgan fingerprint density at radius 2 is 1.04 bits per heavy atom. The highest BCUT2D eigenvalue weighted by Crippen LogP contribution is 2.19. The molecule has 0 aliphatic carbocycles. The van der Waals surface area contributed by atoms with Gasteiger partial charge in [-0.15, -0.1) is 0 Å². The van der Waals surface area contributed by atoms with Crippen LogP contribution in [0.5, 0.6) is 11.5 Å². The molecule has 0 spiro atoms. The van der Waals surface area contributed by atoms with Crippen LogP contribution in [0.1, 0.15) is 0 Å². The van der Waals surface area contributed by atoms with Crippen molar-refractivity contribution in [3.63, 3.8) is 0 Å². The van der Waals surface area contributed by atoms with Gasteiger partial charge < -0.3 is 9.47 Å². The molecule has 1 radical (unpaired) electrons. The molecule has 0 aliphatic rings. The van der Waals surface area contributed by atoms with Crippen LogP contribution in [0.25, 0.3) is 0 Å². The van der Waals surface area contributed by atoms with Gasteiger partial charge >= 0.3 is 7.28 Å². The molecule has 0 heterocycles. The summed E-state index contributed by atoms with van der Waals surface area (Å²) < 4.78 is 9.60. The Bertz CT molecular complexity index is 750. The summed E-state index contributed by atoms with van der Waals surface area (Å²) in [7, 11) is 0.531. The summed E-state index contributed by atoms with van der Waals surface area (Å²) in [6.07, 6.45) is 0. The molecule has 0 atom stereocenters. The third-order valence-electron chi connectivity index (χ3n) is 2.77. The van der Waals surface area contributed by atoms with E-state index in [4.69, 9.17) is 9.47 Å². The molecule has 10 nitrogen and oxygen atoms in total. The average molecular weight is 343 g/mol. The Labute approximate surface area is 140 Å². The van der Waals surface area contributed by atoms with Crippen molar-refractivity contribution in [3.8, 4) is 11.5 Å². The Kier molecular flexibility index (Phi) is 5.41. The predicted octanol–water partition coefficient (Wildman–Crippen LogP) is 2.91. The minimum Gasteiger partial charge on any atom is -0.434 e. The maximum atomic E-state index is 11.6. The lowest BCUT2D eigenvalue weighted by atomic mass is 9.79. The summed E-state index contributed by atoms with van der Waals surface area (Å²) in [4.78, 5) is 42.9. The molecule has 2 rings (SSSR count). The number of nitrogens with zero attached hydrogens (tertiary/aromatic N) is 2. The lowest BCUT2D eigenvalue weighted by molar-refractivity contribution is -0.385. The number of carbonyl (C=O) groups excluding carboxylic acids is 2. The van der Waals surface area contributed by atoms with Crippen LogP contribution in [0.4, 0.5) is 21.0 Å². The summed E-state index contributed by atoms with van der Waals surface area (Å²) in [6.45, 7) is 0. The van der Waals surface area contributed by atoms with Gasteiger partial charge in [-0.1, -0.05) is 0 Å². The molecule has 25 heavy (non-hydrogen) atoms. The first-order valence-corrected chi connectivity index (χ1v) is 6.62. The second kappa shape index (κ2) is 7.68. The van der Waals surface area contributed by atoms with Crippen molar-refractivity contribution in [2.24, 2.45) is 0 Å². The second-order valence-electron chi connectivity index (χ2n) is 4.49. The highest BCUT2D eigenvalue weighted by atomic mass is 16.6. The van der Waals surface area contributed by atoms with Crippen LogP contribution < -0.4 is 9.47 Å². The van der Waals surface area contributed by atoms with Gasteiger partial charge in [0.25, 0.3) is 23.1 Å². The van der Waals surface area contributed by atoms with Crippen molar-refractivity contribution in [2.45, 2.75) is 0 Å².